The number of ketones is 1. The van der Waals surface area contributed by atoms with Crippen molar-refractivity contribution in [1.82, 2.24) is 4.98 Å². The second-order valence-corrected chi connectivity index (χ2v) is 9.18. The van der Waals surface area contributed by atoms with Crippen molar-refractivity contribution in [3.8, 4) is 5.75 Å². The minimum Gasteiger partial charge on any atom is -0.507 e. The Hall–Kier alpha value is -4.30. The maximum absolute atomic E-state index is 14.9. The van der Waals surface area contributed by atoms with E-state index in [0.717, 1.165) is 27.4 Å². The standard InChI is InChI=1S/C28H21FN2O4S/c1-17-5-4-6-18(15-17)16-35-20-11-9-19(10-12-20)25(32)23-24(21-7-2-3-8-22(21)29)31(27(34)26(23)33)28-30-13-14-36-28/h2-15,24,32H,16H2,1H3. The molecule has 0 bridgehead atoms. The van der Waals surface area contributed by atoms with Gasteiger partial charge in [0.15, 0.2) is 5.13 Å². The number of nitrogens with zero attached hydrogens (tertiary/aromatic N) is 2. The van der Waals surface area contributed by atoms with Crippen LogP contribution in [0.15, 0.2) is 89.9 Å². The number of carbonyl (C=O) groups is 2. The average Bonchev–Trinajstić information content (AvgIpc) is 3.50. The summed E-state index contributed by atoms with van der Waals surface area (Å²) < 4.78 is 20.7. The molecule has 0 aliphatic carbocycles. The van der Waals surface area contributed by atoms with Crippen molar-refractivity contribution in [3.05, 3.63) is 118 Å². The second-order valence-electron chi connectivity index (χ2n) is 8.31. The number of aliphatic hydroxyl groups is 1. The first-order valence-corrected chi connectivity index (χ1v) is 12.1. The van der Waals surface area contributed by atoms with Crippen LogP contribution in [0.4, 0.5) is 9.52 Å². The normalized spacial score (nSPS) is 16.9. The van der Waals surface area contributed by atoms with Crippen LogP contribution in [0.25, 0.3) is 5.76 Å². The van der Waals surface area contributed by atoms with E-state index in [1.54, 1.807) is 35.7 Å². The zero-order valence-corrected chi connectivity index (χ0v) is 20.0. The van der Waals surface area contributed by atoms with Gasteiger partial charge in [0, 0.05) is 22.7 Å². The lowest BCUT2D eigenvalue weighted by molar-refractivity contribution is -0.132. The summed E-state index contributed by atoms with van der Waals surface area (Å²) in [6, 6.07) is 19.2. The number of aliphatic hydroxyl groups excluding tert-OH is 1. The summed E-state index contributed by atoms with van der Waals surface area (Å²) in [5.74, 6) is -2.21. The molecule has 0 spiro atoms. The molecule has 1 amide bonds. The van der Waals surface area contributed by atoms with Crippen molar-refractivity contribution in [2.24, 2.45) is 0 Å². The van der Waals surface area contributed by atoms with Crippen molar-refractivity contribution in [2.75, 3.05) is 4.90 Å². The van der Waals surface area contributed by atoms with Crippen molar-refractivity contribution in [1.29, 1.82) is 0 Å². The number of thiazole rings is 1. The molecule has 0 radical (unpaired) electrons. The smallest absolute Gasteiger partial charge is 0.301 e. The zero-order chi connectivity index (χ0) is 25.2. The summed E-state index contributed by atoms with van der Waals surface area (Å²) in [7, 11) is 0. The lowest BCUT2D eigenvalue weighted by Gasteiger charge is -2.23. The number of ether oxygens (including phenoxy) is 1. The highest BCUT2D eigenvalue weighted by Gasteiger charge is 2.48. The van der Waals surface area contributed by atoms with E-state index in [4.69, 9.17) is 4.74 Å². The van der Waals surface area contributed by atoms with Crippen molar-refractivity contribution in [2.45, 2.75) is 19.6 Å². The number of hydrogen-bond donors (Lipinski definition) is 1. The third kappa shape index (κ3) is 4.38. The molecule has 8 heteroatoms. The molecule has 180 valence electrons. The number of aryl methyl sites for hydroxylation is 1. The predicted molar refractivity (Wildman–Crippen MR) is 135 cm³/mol. The van der Waals surface area contributed by atoms with Crippen molar-refractivity contribution >= 4 is 33.9 Å². The van der Waals surface area contributed by atoms with Crippen LogP contribution in [0.5, 0.6) is 5.75 Å². The van der Waals surface area contributed by atoms with E-state index in [-0.39, 0.29) is 16.3 Å². The fraction of sp³-hybridized carbons (Fsp3) is 0.107. The topological polar surface area (TPSA) is 79.7 Å². The maximum atomic E-state index is 14.9. The van der Waals surface area contributed by atoms with E-state index >= 15 is 0 Å². The molecule has 1 aliphatic rings. The number of halogens is 1. The number of amides is 1. The van der Waals surface area contributed by atoms with E-state index < -0.39 is 29.3 Å². The molecule has 5 rings (SSSR count). The van der Waals surface area contributed by atoms with Gasteiger partial charge in [-0.05, 0) is 42.8 Å². The summed E-state index contributed by atoms with van der Waals surface area (Å²) in [5, 5.41) is 13.1. The zero-order valence-electron chi connectivity index (χ0n) is 19.2. The molecule has 2 heterocycles. The molecule has 1 unspecified atom stereocenters. The van der Waals surface area contributed by atoms with Gasteiger partial charge in [0.1, 0.15) is 30.0 Å². The Morgan fingerprint density at radius 2 is 1.86 bits per heavy atom. The molecule has 1 N–H and O–H groups in total. The van der Waals surface area contributed by atoms with Gasteiger partial charge < -0.3 is 9.84 Å². The Kier molecular flexibility index (Phi) is 6.35. The molecule has 0 saturated carbocycles. The third-order valence-corrected chi connectivity index (χ3v) is 6.66. The van der Waals surface area contributed by atoms with E-state index in [9.17, 15) is 19.1 Å². The van der Waals surface area contributed by atoms with Gasteiger partial charge in [-0.3, -0.25) is 14.5 Å². The fourth-order valence-electron chi connectivity index (χ4n) is 4.19. The van der Waals surface area contributed by atoms with Crippen LogP contribution in [0, 0.1) is 12.7 Å². The first kappa shape index (κ1) is 23.4. The summed E-state index contributed by atoms with van der Waals surface area (Å²) in [6.07, 6.45) is 1.49. The predicted octanol–water partition coefficient (Wildman–Crippen LogP) is 5.80. The Morgan fingerprint density at radius 1 is 1.08 bits per heavy atom. The molecule has 1 aliphatic heterocycles. The molecule has 1 aromatic heterocycles. The highest BCUT2D eigenvalue weighted by Crippen LogP contribution is 2.43. The maximum Gasteiger partial charge on any atom is 0.301 e. The highest BCUT2D eigenvalue weighted by atomic mass is 32.1. The van der Waals surface area contributed by atoms with E-state index in [1.165, 1.54) is 24.4 Å². The summed E-state index contributed by atoms with van der Waals surface area (Å²) >= 11 is 1.14. The van der Waals surface area contributed by atoms with Crippen LogP contribution in [0.3, 0.4) is 0 Å². The quantitative estimate of drug-likeness (QED) is 0.206. The molecule has 1 saturated heterocycles. The van der Waals surface area contributed by atoms with Gasteiger partial charge in [-0.25, -0.2) is 9.37 Å². The molecule has 36 heavy (non-hydrogen) atoms. The van der Waals surface area contributed by atoms with Crippen LogP contribution in [-0.2, 0) is 16.2 Å². The first-order chi connectivity index (χ1) is 17.4. The van der Waals surface area contributed by atoms with Crippen LogP contribution in [0.2, 0.25) is 0 Å². The molecular weight excluding hydrogens is 479 g/mol. The summed E-state index contributed by atoms with van der Waals surface area (Å²) in [5.41, 5.74) is 2.35. The van der Waals surface area contributed by atoms with Crippen LogP contribution in [-0.4, -0.2) is 21.8 Å². The summed E-state index contributed by atoms with van der Waals surface area (Å²) in [4.78, 5) is 31.4. The number of Topliss-reactive ketones (excluding diaryl/α,β-unsaturated/α-hetero) is 1. The number of aromatic nitrogens is 1. The number of anilines is 1. The largest absolute Gasteiger partial charge is 0.507 e. The fourth-order valence-corrected chi connectivity index (χ4v) is 4.86. The van der Waals surface area contributed by atoms with E-state index in [1.807, 2.05) is 31.2 Å². The molecule has 1 fully saturated rings. The monoisotopic (exact) mass is 500 g/mol. The van der Waals surface area contributed by atoms with E-state index in [0.29, 0.717) is 17.9 Å². The number of carbonyl (C=O) groups excluding carboxylic acids is 2. The Bertz CT molecular complexity index is 1470. The lowest BCUT2D eigenvalue weighted by Crippen LogP contribution is -2.29. The minimum atomic E-state index is -1.16. The SMILES string of the molecule is Cc1cccc(COc2ccc(C(O)=C3C(=O)C(=O)N(c4nccs4)C3c3ccccc3F)cc2)c1. The Morgan fingerprint density at radius 3 is 2.56 bits per heavy atom. The van der Waals surface area contributed by atoms with Crippen LogP contribution in [0.1, 0.15) is 28.3 Å². The number of hydrogen-bond acceptors (Lipinski definition) is 6. The molecular formula is C28H21FN2O4S. The second kappa shape index (κ2) is 9.75. The summed E-state index contributed by atoms with van der Waals surface area (Å²) in [6.45, 7) is 2.38. The van der Waals surface area contributed by atoms with Gasteiger partial charge in [0.2, 0.25) is 0 Å². The van der Waals surface area contributed by atoms with E-state index in [2.05, 4.69) is 4.98 Å². The Labute approximate surface area is 210 Å². The molecule has 6 nitrogen and oxygen atoms in total. The third-order valence-electron chi connectivity index (χ3n) is 5.89. The van der Waals surface area contributed by atoms with Crippen LogP contribution >= 0.6 is 11.3 Å². The van der Waals surface area contributed by atoms with Gasteiger partial charge in [-0.2, -0.15) is 0 Å². The minimum absolute atomic E-state index is 0.0894. The lowest BCUT2D eigenvalue weighted by atomic mass is 9.95. The molecule has 4 aromatic rings. The van der Waals surface area contributed by atoms with Gasteiger partial charge in [0.25, 0.3) is 5.78 Å². The number of benzene rings is 3. The molecule has 3 aromatic carbocycles. The van der Waals surface area contributed by atoms with Crippen molar-refractivity contribution < 1.29 is 23.8 Å². The van der Waals surface area contributed by atoms with Crippen molar-refractivity contribution in [3.63, 3.8) is 0 Å². The molecule has 1 atom stereocenters. The first-order valence-electron chi connectivity index (χ1n) is 11.2. The highest BCUT2D eigenvalue weighted by molar-refractivity contribution is 7.14. The van der Waals surface area contributed by atoms with Gasteiger partial charge >= 0.3 is 5.91 Å². The van der Waals surface area contributed by atoms with Gasteiger partial charge in [-0.15, -0.1) is 11.3 Å². The van der Waals surface area contributed by atoms with Gasteiger partial charge in [0.05, 0.1) is 5.57 Å². The average molecular weight is 501 g/mol. The number of rotatable bonds is 6. The Balaban J connectivity index is 1.50. The van der Waals surface area contributed by atoms with Gasteiger partial charge in [-0.1, -0.05) is 48.0 Å². The van der Waals surface area contributed by atoms with Crippen LogP contribution < -0.4 is 9.64 Å².